The van der Waals surface area contributed by atoms with E-state index in [0.717, 1.165) is 48.2 Å². The maximum absolute atomic E-state index is 14.5. The van der Waals surface area contributed by atoms with Gasteiger partial charge in [0.25, 0.3) is 0 Å². The lowest BCUT2D eigenvalue weighted by Crippen LogP contribution is -2.44. The van der Waals surface area contributed by atoms with E-state index in [1.54, 1.807) is 12.0 Å². The van der Waals surface area contributed by atoms with E-state index in [0.29, 0.717) is 76.0 Å². The summed E-state index contributed by atoms with van der Waals surface area (Å²) >= 11 is 0. The van der Waals surface area contributed by atoms with E-state index in [-0.39, 0.29) is 30.1 Å². The number of carbonyl (C=O) groups is 2. The Morgan fingerprint density at radius 3 is 2.35 bits per heavy atom. The average Bonchev–Trinajstić information content (AvgIpc) is 3.86. The Morgan fingerprint density at radius 1 is 0.898 bits per heavy atom. The van der Waals surface area contributed by atoms with Crippen LogP contribution in [0.1, 0.15) is 100 Å². The number of likely N-dealkylation sites (tertiary alicyclic amines) is 1. The summed E-state index contributed by atoms with van der Waals surface area (Å²) < 4.78 is 13.4. The van der Waals surface area contributed by atoms with Gasteiger partial charge in [-0.2, -0.15) is 5.10 Å². The van der Waals surface area contributed by atoms with Crippen molar-refractivity contribution < 1.29 is 24.2 Å². The van der Waals surface area contributed by atoms with Crippen LogP contribution in [0.2, 0.25) is 0 Å². The van der Waals surface area contributed by atoms with Crippen molar-refractivity contribution >= 4 is 17.7 Å². The van der Waals surface area contributed by atoms with Crippen molar-refractivity contribution in [3.8, 4) is 16.9 Å². The van der Waals surface area contributed by atoms with Crippen molar-refractivity contribution in [3.63, 3.8) is 0 Å². The van der Waals surface area contributed by atoms with Gasteiger partial charge in [-0.15, -0.1) is 0 Å². The van der Waals surface area contributed by atoms with E-state index in [9.17, 15) is 14.7 Å². The summed E-state index contributed by atoms with van der Waals surface area (Å²) in [7, 11) is 1.72. The molecule has 3 saturated carbocycles. The quantitative estimate of drug-likeness (QED) is 0.252. The molecule has 4 fully saturated rings. The van der Waals surface area contributed by atoms with Gasteiger partial charge in [0.15, 0.2) is 0 Å². The van der Waals surface area contributed by atoms with Crippen LogP contribution in [0.4, 0.5) is 10.5 Å². The predicted molar refractivity (Wildman–Crippen MR) is 190 cm³/mol. The van der Waals surface area contributed by atoms with Gasteiger partial charge in [-0.25, -0.2) is 4.79 Å². The van der Waals surface area contributed by atoms with Crippen LogP contribution in [0, 0.1) is 18.8 Å². The fourth-order valence-electron chi connectivity index (χ4n) is 8.21. The Hall–Kier alpha value is -3.85. The third-order valence-corrected chi connectivity index (χ3v) is 11.5. The smallest absolute Gasteiger partial charge is 0.410 e. The van der Waals surface area contributed by atoms with Crippen LogP contribution in [0.5, 0.6) is 5.75 Å². The molecule has 2 aromatic carbocycles. The molecule has 4 aliphatic rings. The summed E-state index contributed by atoms with van der Waals surface area (Å²) in [4.78, 5) is 31.0. The molecule has 2 amide bonds. The Bertz CT molecular complexity index is 1590. The van der Waals surface area contributed by atoms with Gasteiger partial charge in [-0.1, -0.05) is 24.3 Å². The molecule has 49 heavy (non-hydrogen) atoms. The highest BCUT2D eigenvalue weighted by molar-refractivity contribution is 5.95. The van der Waals surface area contributed by atoms with Crippen LogP contribution in [-0.2, 0) is 9.53 Å². The lowest BCUT2D eigenvalue weighted by Gasteiger charge is -2.37. The van der Waals surface area contributed by atoms with E-state index in [1.807, 2.05) is 6.20 Å². The van der Waals surface area contributed by atoms with Crippen LogP contribution >= 0.6 is 0 Å². The molecule has 1 N–H and O–H groups in total. The molecule has 9 heteroatoms. The molecule has 9 nitrogen and oxygen atoms in total. The Balaban J connectivity index is 1.03. The van der Waals surface area contributed by atoms with Gasteiger partial charge in [-0.05, 0) is 131 Å². The first kappa shape index (κ1) is 33.6. The molecule has 262 valence electrons. The van der Waals surface area contributed by atoms with Gasteiger partial charge < -0.3 is 24.4 Å². The van der Waals surface area contributed by atoms with Crippen LogP contribution in [0.15, 0.2) is 54.9 Å². The zero-order chi connectivity index (χ0) is 33.9. The van der Waals surface area contributed by atoms with E-state index in [1.165, 1.54) is 24.0 Å². The molecule has 2 heterocycles. The molecule has 3 aromatic rings. The second kappa shape index (κ2) is 15.0. The zero-order valence-electron chi connectivity index (χ0n) is 29.1. The Morgan fingerprint density at radius 2 is 1.65 bits per heavy atom. The van der Waals surface area contributed by atoms with Gasteiger partial charge in [0.1, 0.15) is 11.9 Å². The normalized spacial score (nSPS) is 24.8. The molecule has 0 atom stereocenters. The van der Waals surface area contributed by atoms with E-state index in [2.05, 4.69) is 70.3 Å². The number of methoxy groups -OCH3 is 1. The van der Waals surface area contributed by atoms with Crippen LogP contribution < -0.4 is 9.64 Å². The van der Waals surface area contributed by atoms with Gasteiger partial charge in [-0.3, -0.25) is 9.48 Å². The number of benzene rings is 2. The number of aryl methyl sites for hydroxylation is 1. The molecular weight excluding hydrogens is 616 g/mol. The number of aromatic nitrogens is 2. The minimum atomic E-state index is -0.331. The van der Waals surface area contributed by atoms with E-state index >= 15 is 0 Å². The number of anilines is 1. The summed E-state index contributed by atoms with van der Waals surface area (Å²) in [5.74, 6) is 1.99. The second-order valence-electron chi connectivity index (χ2n) is 15.0. The first-order valence-corrected chi connectivity index (χ1v) is 18.6. The lowest BCUT2D eigenvalue weighted by molar-refractivity contribution is -0.124. The third kappa shape index (κ3) is 7.98. The first-order valence-electron chi connectivity index (χ1n) is 18.6. The molecule has 0 spiro atoms. The van der Waals surface area contributed by atoms with Gasteiger partial charge in [0, 0.05) is 43.0 Å². The third-order valence-electron chi connectivity index (χ3n) is 11.5. The van der Waals surface area contributed by atoms with Crippen molar-refractivity contribution in [2.75, 3.05) is 31.6 Å². The van der Waals surface area contributed by atoms with Crippen molar-refractivity contribution in [1.29, 1.82) is 0 Å². The molecule has 1 saturated heterocycles. The number of ether oxygens (including phenoxy) is 2. The highest BCUT2D eigenvalue weighted by Gasteiger charge is 2.35. The van der Waals surface area contributed by atoms with E-state index < -0.39 is 0 Å². The number of rotatable bonds is 9. The molecular formula is C40H52N4O5. The molecule has 0 bridgehead atoms. The SMILES string of the molecule is COc1ccc(C2CCC(CN(C(=O)C3CCC(OC(=O)N4CCC(O)CC4)CC3)c3cccc(-c4cnn(C5CC5)c4)c3)CC2)cc1C. The molecule has 1 aliphatic heterocycles. The minimum Gasteiger partial charge on any atom is -0.496 e. The van der Waals surface area contributed by atoms with Gasteiger partial charge >= 0.3 is 6.09 Å². The van der Waals surface area contributed by atoms with Crippen LogP contribution in [-0.4, -0.2) is 70.7 Å². The molecule has 0 unspecified atom stereocenters. The van der Waals surface area contributed by atoms with Crippen LogP contribution in [0.3, 0.4) is 0 Å². The summed E-state index contributed by atoms with van der Waals surface area (Å²) in [5.41, 5.74) is 5.69. The predicted octanol–water partition coefficient (Wildman–Crippen LogP) is 7.66. The number of piperidine rings is 1. The number of carbonyl (C=O) groups excluding carboxylic acids is 2. The number of hydrogen-bond acceptors (Lipinski definition) is 6. The largest absolute Gasteiger partial charge is 0.496 e. The molecule has 7 rings (SSSR count). The summed E-state index contributed by atoms with van der Waals surface area (Å²) in [6.45, 7) is 3.89. The van der Waals surface area contributed by atoms with Crippen molar-refractivity contribution in [2.45, 2.75) is 108 Å². The summed E-state index contributed by atoms with van der Waals surface area (Å²) in [5, 5.41) is 14.4. The van der Waals surface area contributed by atoms with Gasteiger partial charge in [0.2, 0.25) is 5.91 Å². The van der Waals surface area contributed by atoms with Crippen molar-refractivity contribution in [3.05, 3.63) is 66.0 Å². The standard InChI is InChI=1S/C40H52N4O5/c1-27-22-32(12-17-38(27)48-2)29-8-6-28(7-9-29)25-43(35-5-3-4-31(23-35)33-24-41-44(26-33)34-13-14-34)39(46)30-10-15-37(16-11-30)49-40(47)42-20-18-36(45)19-21-42/h3-5,12,17,22-24,26,28-30,34,36-37,45H,6-11,13-16,18-21,25H2,1-2H3. The van der Waals surface area contributed by atoms with Crippen molar-refractivity contribution in [2.24, 2.45) is 11.8 Å². The van der Waals surface area contributed by atoms with Gasteiger partial charge in [0.05, 0.1) is 25.5 Å². The van der Waals surface area contributed by atoms with Crippen molar-refractivity contribution in [1.82, 2.24) is 14.7 Å². The average molecular weight is 669 g/mol. The fourth-order valence-corrected chi connectivity index (χ4v) is 8.21. The molecule has 0 radical (unpaired) electrons. The minimum absolute atomic E-state index is 0.0972. The lowest BCUT2D eigenvalue weighted by atomic mass is 9.78. The first-order chi connectivity index (χ1) is 23.8. The molecule has 1 aromatic heterocycles. The fraction of sp³-hybridized carbons (Fsp3) is 0.575. The number of amides is 2. The van der Waals surface area contributed by atoms with Crippen LogP contribution in [0.25, 0.3) is 11.1 Å². The topological polar surface area (TPSA) is 97.1 Å². The maximum Gasteiger partial charge on any atom is 0.410 e. The summed E-state index contributed by atoms with van der Waals surface area (Å²) in [6.07, 6.45) is 14.1. The number of aliphatic hydroxyl groups is 1. The van der Waals surface area contributed by atoms with E-state index in [4.69, 9.17) is 9.47 Å². The monoisotopic (exact) mass is 668 g/mol. The second-order valence-corrected chi connectivity index (χ2v) is 15.0. The number of aliphatic hydroxyl groups excluding tert-OH is 1. The zero-order valence-corrected chi connectivity index (χ0v) is 29.1. The molecule has 3 aliphatic carbocycles. The maximum atomic E-state index is 14.5. The number of hydrogen-bond donors (Lipinski definition) is 1. The highest BCUT2D eigenvalue weighted by Crippen LogP contribution is 2.40. The Kier molecular flexibility index (Phi) is 10.3. The number of nitrogens with zero attached hydrogens (tertiary/aromatic N) is 4. The Labute approximate surface area is 290 Å². The highest BCUT2D eigenvalue weighted by atomic mass is 16.6. The summed E-state index contributed by atoms with van der Waals surface area (Å²) in [6, 6.07) is 15.5.